The van der Waals surface area contributed by atoms with Crippen LogP contribution in [-0.2, 0) is 21.1 Å². The first-order valence-electron chi connectivity index (χ1n) is 0.447. The van der Waals surface area contributed by atoms with Gasteiger partial charge in [-0.05, 0) is 0 Å². The Labute approximate surface area is 88.7 Å². The fourth-order valence-electron chi connectivity index (χ4n) is 0. The maximum Gasteiger partial charge on any atom is 1.00 e. The topological polar surface area (TPSA) is 44.0 Å². The summed E-state index contributed by atoms with van der Waals surface area (Å²) < 4.78 is 0. The summed E-state index contributed by atoms with van der Waals surface area (Å²) in [6, 6.07) is 0. The van der Waals surface area contributed by atoms with Gasteiger partial charge in [0.15, 0.2) is 0 Å². The molecule has 0 aliphatic heterocycles. The van der Waals surface area contributed by atoms with Crippen LogP contribution in [0.15, 0.2) is 0 Å². The van der Waals surface area contributed by atoms with Gasteiger partial charge in [-0.25, -0.2) is 0 Å². The minimum absolute atomic E-state index is 0. The minimum Gasteiger partial charge on any atom is -1.00 e. The molecule has 0 radical (unpaired) electrons. The molecule has 4 heteroatoms. The largest absolute Gasteiger partial charge is 1.00 e. The van der Waals surface area contributed by atoms with Crippen molar-refractivity contribution >= 4 is 0 Å². The number of nitrogens with zero attached hydrogens (tertiary/aromatic N) is 1. The SMILES string of the molecule is N#CO.[H-].[K+].[Mo]. The van der Waals surface area contributed by atoms with Gasteiger partial charge in [0.25, 0.3) is 6.26 Å². The zero-order valence-electron chi connectivity index (χ0n) is 3.80. The second-order valence-corrected chi connectivity index (χ2v) is 0.100. The van der Waals surface area contributed by atoms with Gasteiger partial charge >= 0.3 is 51.4 Å². The summed E-state index contributed by atoms with van der Waals surface area (Å²) in [6.45, 7) is 0. The Morgan fingerprint density at radius 1 is 1.80 bits per heavy atom. The molecule has 0 amide bonds. The summed E-state index contributed by atoms with van der Waals surface area (Å²) in [5.41, 5.74) is 0. The van der Waals surface area contributed by atoms with E-state index < -0.39 is 0 Å². The smallest absolute Gasteiger partial charge is 1.00 e. The third kappa shape index (κ3) is 28.1. The number of hydrogen-bond donors (Lipinski definition) is 1. The number of rotatable bonds is 0. The zero-order chi connectivity index (χ0) is 2.71. The number of nitriles is 1. The minimum atomic E-state index is 0. The van der Waals surface area contributed by atoms with E-state index in [1.807, 2.05) is 0 Å². The van der Waals surface area contributed by atoms with E-state index in [0.29, 0.717) is 0 Å². The average molecular weight is 179 g/mol. The van der Waals surface area contributed by atoms with Gasteiger partial charge in [-0.1, -0.05) is 0 Å². The van der Waals surface area contributed by atoms with Crippen LogP contribution in [0.4, 0.5) is 0 Å². The Morgan fingerprint density at radius 2 is 1.80 bits per heavy atom. The molecule has 0 bridgehead atoms. The molecule has 24 valence electrons. The van der Waals surface area contributed by atoms with Gasteiger partial charge in [0.2, 0.25) is 0 Å². The van der Waals surface area contributed by atoms with Crippen LogP contribution in [0.5, 0.6) is 0 Å². The third-order valence-electron chi connectivity index (χ3n) is 0. The van der Waals surface area contributed by atoms with Gasteiger partial charge < -0.3 is 6.53 Å². The van der Waals surface area contributed by atoms with Crippen LogP contribution >= 0.6 is 0 Å². The summed E-state index contributed by atoms with van der Waals surface area (Å²) >= 11 is 0. The van der Waals surface area contributed by atoms with Gasteiger partial charge in [0.1, 0.15) is 0 Å². The zero-order valence-corrected chi connectivity index (χ0v) is 7.93. The molecule has 0 saturated heterocycles. The first-order valence-corrected chi connectivity index (χ1v) is 0.447. The Kier molecular flexibility index (Phi) is 55.8. The summed E-state index contributed by atoms with van der Waals surface area (Å²) in [4.78, 5) is 0. The van der Waals surface area contributed by atoms with Gasteiger partial charge in [0.05, 0.1) is 0 Å². The van der Waals surface area contributed by atoms with E-state index in [2.05, 4.69) is 0 Å². The van der Waals surface area contributed by atoms with Gasteiger partial charge in [-0.15, -0.1) is 0 Å². The molecule has 5 heavy (non-hydrogen) atoms. The molecule has 0 unspecified atom stereocenters. The van der Waals surface area contributed by atoms with Crippen molar-refractivity contribution in [2.45, 2.75) is 0 Å². The third-order valence-corrected chi connectivity index (χ3v) is 0. The van der Waals surface area contributed by atoms with Crippen LogP contribution in [0.2, 0.25) is 0 Å². The summed E-state index contributed by atoms with van der Waals surface area (Å²) in [7, 11) is 0. The van der Waals surface area contributed by atoms with E-state index in [-0.39, 0.29) is 73.9 Å². The molecule has 1 N–H and O–H groups in total. The van der Waals surface area contributed by atoms with E-state index in [0.717, 1.165) is 6.26 Å². The van der Waals surface area contributed by atoms with Crippen molar-refractivity contribution in [2.75, 3.05) is 0 Å². The van der Waals surface area contributed by atoms with Crippen LogP contribution in [0.25, 0.3) is 0 Å². The number of aliphatic hydroxyl groups is 1. The molecule has 2 nitrogen and oxygen atoms in total. The van der Waals surface area contributed by atoms with Crippen molar-refractivity contribution in [1.29, 1.82) is 5.26 Å². The number of aliphatic hydroxyl groups excluding tert-OH is 1. The Balaban J connectivity index is -0.00000000667. The van der Waals surface area contributed by atoms with Crippen LogP contribution in [0.1, 0.15) is 1.43 Å². The summed E-state index contributed by atoms with van der Waals surface area (Å²) in [6.07, 6.45) is 0.750. The molecule has 0 atom stereocenters. The van der Waals surface area contributed by atoms with Crippen molar-refractivity contribution in [2.24, 2.45) is 0 Å². The maximum absolute atomic E-state index is 6.88. The van der Waals surface area contributed by atoms with Gasteiger partial charge in [0, 0.05) is 21.1 Å². The van der Waals surface area contributed by atoms with Crippen LogP contribution < -0.4 is 51.4 Å². The Morgan fingerprint density at radius 3 is 1.80 bits per heavy atom. The van der Waals surface area contributed by atoms with Gasteiger partial charge in [-0.3, -0.25) is 0 Å². The quantitative estimate of drug-likeness (QED) is 0.317. The molecule has 0 aromatic carbocycles. The standard InChI is InChI=1S/CHNO.K.Mo.H/c2-1-3;;;/h3H;;;/q;+1;;-1. The Bertz CT molecular complexity index is 37.0. The fraction of sp³-hybridized carbons (Fsp3) is 0. The van der Waals surface area contributed by atoms with Crippen molar-refractivity contribution in [3.8, 4) is 6.26 Å². The number of hydrogen-bond acceptors (Lipinski definition) is 2. The van der Waals surface area contributed by atoms with Crippen LogP contribution in [0, 0.1) is 11.5 Å². The molecule has 0 aliphatic carbocycles. The van der Waals surface area contributed by atoms with E-state index in [1.165, 1.54) is 0 Å². The first kappa shape index (κ1) is 16.0. The Hall–Kier alpha value is 1.61. The predicted octanol–water partition coefficient (Wildman–Crippen LogP) is -3.05. The molecular weight excluding hydrogens is 177 g/mol. The van der Waals surface area contributed by atoms with E-state index in [1.54, 1.807) is 0 Å². The normalized spacial score (nSPS) is 1.40. The summed E-state index contributed by atoms with van der Waals surface area (Å²) in [5, 5.41) is 13.8. The second kappa shape index (κ2) is 17.5. The average Bonchev–Trinajstić information content (AvgIpc) is 0.918. The van der Waals surface area contributed by atoms with E-state index >= 15 is 0 Å². The summed E-state index contributed by atoms with van der Waals surface area (Å²) in [5.74, 6) is 0. The van der Waals surface area contributed by atoms with Crippen LogP contribution in [-0.4, -0.2) is 5.11 Å². The molecule has 0 heterocycles. The van der Waals surface area contributed by atoms with Gasteiger partial charge in [-0.2, -0.15) is 5.26 Å². The molecule has 0 rings (SSSR count). The van der Waals surface area contributed by atoms with Crippen molar-refractivity contribution < 1.29 is 79.0 Å². The molecule has 0 spiro atoms. The fourth-order valence-corrected chi connectivity index (χ4v) is 0. The maximum atomic E-state index is 6.88. The molecule has 0 aliphatic rings. The van der Waals surface area contributed by atoms with Crippen molar-refractivity contribution in [3.63, 3.8) is 0 Å². The molecule has 0 aromatic heterocycles. The molecule has 0 saturated carbocycles. The van der Waals surface area contributed by atoms with E-state index in [9.17, 15) is 0 Å². The van der Waals surface area contributed by atoms with Crippen molar-refractivity contribution in [3.05, 3.63) is 0 Å². The molecule has 0 fully saturated rings. The van der Waals surface area contributed by atoms with Crippen LogP contribution in [0.3, 0.4) is 0 Å². The molecular formula is CH2KMoNO. The molecule has 0 aromatic rings. The predicted molar refractivity (Wildman–Crippen MR) is 8.66 cm³/mol. The monoisotopic (exact) mass is 181 g/mol. The van der Waals surface area contributed by atoms with Crippen molar-refractivity contribution in [1.82, 2.24) is 0 Å². The first-order chi connectivity index (χ1) is 1.41. The van der Waals surface area contributed by atoms with E-state index in [4.69, 9.17) is 10.4 Å². The second-order valence-electron chi connectivity index (χ2n) is 0.100.